The summed E-state index contributed by atoms with van der Waals surface area (Å²) in [6, 6.07) is 2.36. The fraction of sp³-hybridized carbons (Fsp3) is 0.273. The van der Waals surface area contributed by atoms with Crippen molar-refractivity contribution >= 4 is 17.9 Å². The number of nitrogens with zero attached hydrogens (tertiary/aromatic N) is 1. The Morgan fingerprint density at radius 1 is 1.44 bits per heavy atom. The first-order chi connectivity index (χ1) is 8.53. The molecule has 0 atom stereocenters. The largest absolute Gasteiger partial charge is 0.496 e. The standard InChI is InChI=1S/C11H11NO6/c1-17-10-5-9(12(15)16)7(3-8(10)6-13)4-11(14)18-2/h3,5-6H,4H2,1-2H3. The maximum atomic E-state index is 11.1. The van der Waals surface area contributed by atoms with Crippen LogP contribution >= 0.6 is 0 Å². The molecule has 0 radical (unpaired) electrons. The Labute approximate surface area is 102 Å². The van der Waals surface area contributed by atoms with E-state index in [1.165, 1.54) is 20.3 Å². The SMILES string of the molecule is COC(=O)Cc1cc(C=O)c(OC)cc1[N+](=O)[O-]. The number of hydrogen-bond donors (Lipinski definition) is 0. The average Bonchev–Trinajstić information content (AvgIpc) is 2.37. The lowest BCUT2D eigenvalue weighted by Crippen LogP contribution is -2.08. The topological polar surface area (TPSA) is 95.7 Å². The summed E-state index contributed by atoms with van der Waals surface area (Å²) in [6.07, 6.45) is 0.223. The van der Waals surface area contributed by atoms with Crippen LogP contribution in [0.4, 0.5) is 5.69 Å². The minimum atomic E-state index is -0.643. The molecule has 0 aliphatic heterocycles. The van der Waals surface area contributed by atoms with Crippen LogP contribution in [0.25, 0.3) is 0 Å². The van der Waals surface area contributed by atoms with E-state index in [4.69, 9.17) is 4.74 Å². The van der Waals surface area contributed by atoms with Gasteiger partial charge in [0, 0.05) is 5.56 Å². The Balaban J connectivity index is 3.33. The van der Waals surface area contributed by atoms with Gasteiger partial charge in [0.1, 0.15) is 5.75 Å². The van der Waals surface area contributed by atoms with Crippen LogP contribution in [0.3, 0.4) is 0 Å². The lowest BCUT2D eigenvalue weighted by atomic mass is 10.1. The number of carbonyl (C=O) groups excluding carboxylic acids is 2. The smallest absolute Gasteiger partial charge is 0.310 e. The van der Waals surface area contributed by atoms with E-state index in [2.05, 4.69) is 4.74 Å². The van der Waals surface area contributed by atoms with Gasteiger partial charge < -0.3 is 9.47 Å². The van der Waals surface area contributed by atoms with Crippen molar-refractivity contribution in [1.82, 2.24) is 0 Å². The van der Waals surface area contributed by atoms with E-state index in [1.807, 2.05) is 0 Å². The maximum absolute atomic E-state index is 11.1. The number of carbonyl (C=O) groups is 2. The molecule has 18 heavy (non-hydrogen) atoms. The predicted octanol–water partition coefficient (Wildman–Crippen LogP) is 1.13. The molecule has 0 fully saturated rings. The van der Waals surface area contributed by atoms with Crippen molar-refractivity contribution in [2.75, 3.05) is 14.2 Å². The second-order valence-electron chi connectivity index (χ2n) is 3.35. The Morgan fingerprint density at radius 2 is 2.11 bits per heavy atom. The van der Waals surface area contributed by atoms with Crippen molar-refractivity contribution in [3.05, 3.63) is 33.4 Å². The molecule has 0 spiro atoms. The molecule has 1 aromatic carbocycles. The minimum absolute atomic E-state index is 0.0883. The normalized spacial score (nSPS) is 9.67. The van der Waals surface area contributed by atoms with E-state index in [-0.39, 0.29) is 29.0 Å². The highest BCUT2D eigenvalue weighted by atomic mass is 16.6. The van der Waals surface area contributed by atoms with Crippen LogP contribution in [-0.4, -0.2) is 31.4 Å². The number of nitro benzene ring substituents is 1. The number of rotatable bonds is 5. The molecule has 0 saturated carbocycles. The molecular weight excluding hydrogens is 242 g/mol. The van der Waals surface area contributed by atoms with Crippen molar-refractivity contribution in [3.63, 3.8) is 0 Å². The average molecular weight is 253 g/mol. The number of nitro groups is 1. The Hall–Kier alpha value is -2.44. The first-order valence-electron chi connectivity index (χ1n) is 4.90. The van der Waals surface area contributed by atoms with Crippen LogP contribution in [0.1, 0.15) is 15.9 Å². The van der Waals surface area contributed by atoms with Gasteiger partial charge in [0.05, 0.1) is 37.2 Å². The number of benzene rings is 1. The van der Waals surface area contributed by atoms with Crippen LogP contribution in [0, 0.1) is 10.1 Å². The summed E-state index contributed by atoms with van der Waals surface area (Å²) >= 11 is 0. The van der Waals surface area contributed by atoms with E-state index in [1.54, 1.807) is 0 Å². The van der Waals surface area contributed by atoms with Gasteiger partial charge in [-0.2, -0.15) is 0 Å². The molecule has 0 aromatic heterocycles. The van der Waals surface area contributed by atoms with Crippen molar-refractivity contribution < 1.29 is 24.0 Å². The fourth-order valence-electron chi connectivity index (χ4n) is 1.44. The second-order valence-corrected chi connectivity index (χ2v) is 3.35. The van der Waals surface area contributed by atoms with Crippen molar-refractivity contribution in [2.24, 2.45) is 0 Å². The number of esters is 1. The lowest BCUT2D eigenvalue weighted by Gasteiger charge is -2.07. The zero-order chi connectivity index (χ0) is 13.7. The first-order valence-corrected chi connectivity index (χ1v) is 4.90. The molecule has 0 bridgehead atoms. The van der Waals surface area contributed by atoms with Gasteiger partial charge in [0.15, 0.2) is 6.29 Å². The highest BCUT2D eigenvalue weighted by Crippen LogP contribution is 2.28. The highest BCUT2D eigenvalue weighted by molar-refractivity contribution is 5.83. The van der Waals surface area contributed by atoms with Gasteiger partial charge in [-0.25, -0.2) is 0 Å². The Kier molecular flexibility index (Phi) is 4.36. The van der Waals surface area contributed by atoms with Gasteiger partial charge in [-0.15, -0.1) is 0 Å². The third-order valence-corrected chi connectivity index (χ3v) is 2.32. The monoisotopic (exact) mass is 253 g/mol. The molecule has 1 rings (SSSR count). The molecule has 96 valence electrons. The summed E-state index contributed by atoms with van der Waals surface area (Å²) in [4.78, 5) is 32.2. The summed E-state index contributed by atoms with van der Waals surface area (Å²) in [5, 5.41) is 10.9. The maximum Gasteiger partial charge on any atom is 0.310 e. The molecule has 0 aliphatic rings. The lowest BCUT2D eigenvalue weighted by molar-refractivity contribution is -0.385. The van der Waals surface area contributed by atoms with E-state index in [0.717, 1.165) is 6.07 Å². The number of ether oxygens (including phenoxy) is 2. The summed E-state index contributed by atoms with van der Waals surface area (Å²) < 4.78 is 9.30. The predicted molar refractivity (Wildman–Crippen MR) is 60.8 cm³/mol. The molecule has 1 aromatic rings. The van der Waals surface area contributed by atoms with Crippen molar-refractivity contribution in [1.29, 1.82) is 0 Å². The molecular formula is C11H11NO6. The highest BCUT2D eigenvalue weighted by Gasteiger charge is 2.20. The van der Waals surface area contributed by atoms with Crippen LogP contribution in [0.15, 0.2) is 12.1 Å². The molecule has 0 N–H and O–H groups in total. The molecule has 7 heteroatoms. The zero-order valence-electron chi connectivity index (χ0n) is 9.84. The third-order valence-electron chi connectivity index (χ3n) is 2.32. The molecule has 0 amide bonds. The van der Waals surface area contributed by atoms with E-state index >= 15 is 0 Å². The molecule has 0 unspecified atom stereocenters. The molecule has 0 aliphatic carbocycles. The van der Waals surface area contributed by atoms with Gasteiger partial charge in [0.25, 0.3) is 5.69 Å². The van der Waals surface area contributed by atoms with Gasteiger partial charge in [-0.1, -0.05) is 0 Å². The number of aldehydes is 1. The quantitative estimate of drug-likeness (QED) is 0.338. The molecule has 0 saturated heterocycles. The van der Waals surface area contributed by atoms with Crippen LogP contribution in [0.2, 0.25) is 0 Å². The molecule has 7 nitrogen and oxygen atoms in total. The Morgan fingerprint density at radius 3 is 2.56 bits per heavy atom. The van der Waals surface area contributed by atoms with Gasteiger partial charge in [-0.3, -0.25) is 19.7 Å². The van der Waals surface area contributed by atoms with Gasteiger partial charge in [0.2, 0.25) is 0 Å². The fourth-order valence-corrected chi connectivity index (χ4v) is 1.44. The van der Waals surface area contributed by atoms with Crippen LogP contribution in [-0.2, 0) is 16.0 Å². The van der Waals surface area contributed by atoms with E-state index in [0.29, 0.717) is 6.29 Å². The summed E-state index contributed by atoms with van der Waals surface area (Å²) in [7, 11) is 2.48. The molecule has 0 heterocycles. The van der Waals surface area contributed by atoms with E-state index in [9.17, 15) is 19.7 Å². The zero-order valence-corrected chi connectivity index (χ0v) is 9.84. The van der Waals surface area contributed by atoms with Crippen LogP contribution < -0.4 is 4.74 Å². The van der Waals surface area contributed by atoms with Crippen LogP contribution in [0.5, 0.6) is 5.75 Å². The number of methoxy groups -OCH3 is 2. The van der Waals surface area contributed by atoms with Gasteiger partial charge >= 0.3 is 5.97 Å². The van der Waals surface area contributed by atoms with E-state index < -0.39 is 10.9 Å². The third kappa shape index (κ3) is 2.82. The van der Waals surface area contributed by atoms with Crippen molar-refractivity contribution in [3.8, 4) is 5.75 Å². The van der Waals surface area contributed by atoms with Gasteiger partial charge in [-0.05, 0) is 6.07 Å². The first kappa shape index (κ1) is 13.6. The summed E-state index contributed by atoms with van der Waals surface area (Å²) in [5.41, 5.74) is -0.0420. The summed E-state index contributed by atoms with van der Waals surface area (Å²) in [5.74, 6) is -0.537. The van der Waals surface area contributed by atoms with Crippen molar-refractivity contribution in [2.45, 2.75) is 6.42 Å². The number of hydrogen-bond acceptors (Lipinski definition) is 6. The Bertz CT molecular complexity index is 497. The second kappa shape index (κ2) is 5.76. The minimum Gasteiger partial charge on any atom is -0.496 e. The summed E-state index contributed by atoms with van der Waals surface area (Å²) in [6.45, 7) is 0.